The molecule has 79 heavy (non-hydrogen) atoms. The first-order valence-corrected chi connectivity index (χ1v) is 34.5. The van der Waals surface area contributed by atoms with Gasteiger partial charge in [0.2, 0.25) is 0 Å². The van der Waals surface area contributed by atoms with Gasteiger partial charge in [0.1, 0.15) is 19.3 Å². The van der Waals surface area contributed by atoms with E-state index in [2.05, 4.69) is 41.5 Å². The molecule has 0 radical (unpaired) electrons. The largest absolute Gasteiger partial charge is 0.472 e. The minimum absolute atomic E-state index is 0.103. The lowest BCUT2D eigenvalue weighted by Gasteiger charge is -2.21. The number of hydrogen-bond acceptors (Lipinski definition) is 15. The smallest absolute Gasteiger partial charge is 0.462 e. The number of carbonyl (C=O) groups is 4. The maximum Gasteiger partial charge on any atom is 0.472 e. The zero-order chi connectivity index (χ0) is 58.7. The van der Waals surface area contributed by atoms with Gasteiger partial charge < -0.3 is 33.8 Å². The first kappa shape index (κ1) is 77.1. The minimum atomic E-state index is -4.94. The molecule has 0 bridgehead atoms. The second-order valence-corrected chi connectivity index (χ2v) is 25.4. The monoisotopic (exact) mass is 1170 g/mol. The number of phosphoric ester groups is 2. The van der Waals surface area contributed by atoms with Gasteiger partial charge in [0.25, 0.3) is 0 Å². The zero-order valence-electron chi connectivity index (χ0n) is 50.7. The van der Waals surface area contributed by atoms with Gasteiger partial charge in [-0.25, -0.2) is 9.13 Å². The lowest BCUT2D eigenvalue weighted by atomic mass is 10.00. The van der Waals surface area contributed by atoms with E-state index >= 15 is 0 Å². The summed E-state index contributed by atoms with van der Waals surface area (Å²) >= 11 is 0. The van der Waals surface area contributed by atoms with Crippen LogP contribution in [0.25, 0.3) is 0 Å². The third-order valence-corrected chi connectivity index (χ3v) is 16.0. The summed E-state index contributed by atoms with van der Waals surface area (Å²) in [5, 5.41) is 10.5. The summed E-state index contributed by atoms with van der Waals surface area (Å²) in [6, 6.07) is 0. The molecule has 6 atom stereocenters. The predicted octanol–water partition coefficient (Wildman–Crippen LogP) is 16.1. The second kappa shape index (κ2) is 52.8. The highest BCUT2D eigenvalue weighted by Crippen LogP contribution is 2.45. The first-order valence-electron chi connectivity index (χ1n) is 31.5. The van der Waals surface area contributed by atoms with Crippen LogP contribution in [0.2, 0.25) is 0 Å². The Hall–Kier alpha value is -1.94. The Bertz CT molecular complexity index is 1570. The number of ether oxygens (including phenoxy) is 4. The predicted molar refractivity (Wildman–Crippen MR) is 312 cm³/mol. The van der Waals surface area contributed by atoms with Gasteiger partial charge in [-0.15, -0.1) is 0 Å². The van der Waals surface area contributed by atoms with Crippen LogP contribution in [0.15, 0.2) is 0 Å². The molecule has 0 amide bonds. The molecule has 0 aromatic rings. The van der Waals surface area contributed by atoms with E-state index in [0.717, 1.165) is 108 Å². The molecule has 17 nitrogen and oxygen atoms in total. The summed E-state index contributed by atoms with van der Waals surface area (Å²) in [6.07, 6.45) is 33.5. The van der Waals surface area contributed by atoms with Crippen molar-refractivity contribution in [2.24, 2.45) is 11.8 Å². The fraction of sp³-hybridized carbons (Fsp3) is 0.933. The molecule has 0 aromatic heterocycles. The summed E-state index contributed by atoms with van der Waals surface area (Å²) < 4.78 is 67.7. The van der Waals surface area contributed by atoms with E-state index in [1.165, 1.54) is 103 Å². The molecular formula is C60H116O17P2. The average Bonchev–Trinajstić information content (AvgIpc) is 3.41. The second-order valence-electron chi connectivity index (χ2n) is 22.5. The molecule has 3 unspecified atom stereocenters. The molecule has 0 spiro atoms. The van der Waals surface area contributed by atoms with Crippen molar-refractivity contribution in [2.75, 3.05) is 39.6 Å². The van der Waals surface area contributed by atoms with Gasteiger partial charge in [0.05, 0.1) is 26.4 Å². The van der Waals surface area contributed by atoms with Crippen LogP contribution in [-0.4, -0.2) is 96.7 Å². The highest BCUT2D eigenvalue weighted by Gasteiger charge is 2.30. The number of unbranched alkanes of at least 4 members (excludes halogenated alkanes) is 28. The SMILES string of the molecule is CCCCCCCCCCCC(=O)OC[C@H](COP(=O)(O)OC[C@H](O)COP(=O)(O)OC[C@@H](COC(=O)CCCCCCCCC(C)CC)OC(=O)CCCCCCCCCCC(C)C)OC(=O)CCCCCCCCCCC. The van der Waals surface area contributed by atoms with Crippen molar-refractivity contribution >= 4 is 39.5 Å². The molecule has 0 heterocycles. The number of hydrogen-bond donors (Lipinski definition) is 3. The molecule has 0 fully saturated rings. The summed E-state index contributed by atoms with van der Waals surface area (Å²) in [5.41, 5.74) is 0. The summed E-state index contributed by atoms with van der Waals surface area (Å²) in [6.45, 7) is 9.35. The molecule has 0 saturated heterocycles. The normalized spacial score (nSPS) is 14.8. The van der Waals surface area contributed by atoms with Crippen LogP contribution in [0.5, 0.6) is 0 Å². The molecule has 19 heteroatoms. The van der Waals surface area contributed by atoms with Gasteiger partial charge in [-0.3, -0.25) is 37.3 Å². The van der Waals surface area contributed by atoms with E-state index in [1.807, 2.05) is 0 Å². The van der Waals surface area contributed by atoms with Gasteiger partial charge in [0.15, 0.2) is 12.2 Å². The van der Waals surface area contributed by atoms with Crippen LogP contribution < -0.4 is 0 Å². The van der Waals surface area contributed by atoms with Crippen molar-refractivity contribution < 1.29 is 80.2 Å². The number of aliphatic hydroxyl groups excluding tert-OH is 1. The van der Waals surface area contributed by atoms with E-state index in [4.69, 9.17) is 37.0 Å². The third kappa shape index (κ3) is 53.8. The van der Waals surface area contributed by atoms with Crippen molar-refractivity contribution in [3.8, 4) is 0 Å². The van der Waals surface area contributed by atoms with Gasteiger partial charge in [-0.1, -0.05) is 241 Å². The molecule has 0 aliphatic rings. The Morgan fingerprint density at radius 3 is 0.962 bits per heavy atom. The maximum absolute atomic E-state index is 12.9. The quantitative estimate of drug-likeness (QED) is 0.0222. The number of esters is 4. The van der Waals surface area contributed by atoms with E-state index in [0.29, 0.717) is 25.7 Å². The third-order valence-electron chi connectivity index (χ3n) is 14.1. The van der Waals surface area contributed by atoms with Crippen LogP contribution in [0.1, 0.15) is 292 Å². The van der Waals surface area contributed by atoms with Gasteiger partial charge in [-0.2, -0.15) is 0 Å². The van der Waals surface area contributed by atoms with E-state index in [9.17, 15) is 43.2 Å². The van der Waals surface area contributed by atoms with Crippen molar-refractivity contribution in [1.82, 2.24) is 0 Å². The Labute approximate surface area is 479 Å². The van der Waals surface area contributed by atoms with Gasteiger partial charge in [0, 0.05) is 25.7 Å². The van der Waals surface area contributed by atoms with Crippen LogP contribution >= 0.6 is 15.6 Å². The number of carbonyl (C=O) groups excluding carboxylic acids is 4. The van der Waals surface area contributed by atoms with E-state index in [1.54, 1.807) is 0 Å². The molecule has 0 aromatic carbocycles. The number of rotatable bonds is 59. The topological polar surface area (TPSA) is 237 Å². The molecule has 0 rings (SSSR count). The Morgan fingerprint density at radius 2 is 0.646 bits per heavy atom. The van der Waals surface area contributed by atoms with Crippen LogP contribution in [0.3, 0.4) is 0 Å². The number of phosphoric acid groups is 2. The summed E-state index contributed by atoms with van der Waals surface area (Å²) in [5.74, 6) is -0.695. The standard InChI is InChI=1S/C60H116O17P2/c1-7-10-12-14-16-18-23-30-36-42-57(62)70-48-55(76-59(64)44-38-32-24-19-17-15-13-11-8-2)50-74-78(66,67)72-46-54(61)47-73-79(68,69)75-51-56(49-71-58(63)43-37-31-27-26-29-35-41-53(6)9-3)77-60(65)45-39-33-25-21-20-22-28-34-40-52(4)5/h52-56,61H,7-51H2,1-6H3,(H,66,67)(H,68,69)/t53?,54-,55+,56+/m0/s1. The highest BCUT2D eigenvalue weighted by molar-refractivity contribution is 7.47. The Morgan fingerprint density at radius 1 is 0.367 bits per heavy atom. The van der Waals surface area contributed by atoms with Crippen molar-refractivity contribution in [1.29, 1.82) is 0 Å². The number of aliphatic hydroxyl groups is 1. The van der Waals surface area contributed by atoms with Crippen molar-refractivity contribution in [3.63, 3.8) is 0 Å². The Kier molecular flexibility index (Phi) is 51.5. The lowest BCUT2D eigenvalue weighted by molar-refractivity contribution is -0.161. The summed E-state index contributed by atoms with van der Waals surface area (Å²) in [7, 11) is -9.87. The molecule has 0 aliphatic carbocycles. The minimum Gasteiger partial charge on any atom is -0.462 e. The van der Waals surface area contributed by atoms with Crippen molar-refractivity contribution in [3.05, 3.63) is 0 Å². The fourth-order valence-electron chi connectivity index (χ4n) is 8.79. The molecule has 3 N–H and O–H groups in total. The molecule has 468 valence electrons. The van der Waals surface area contributed by atoms with Crippen LogP contribution in [-0.2, 0) is 65.4 Å². The van der Waals surface area contributed by atoms with Gasteiger partial charge >= 0.3 is 39.5 Å². The maximum atomic E-state index is 12.9. The van der Waals surface area contributed by atoms with Crippen molar-refractivity contribution in [2.45, 2.75) is 310 Å². The first-order chi connectivity index (χ1) is 37.9. The Balaban J connectivity index is 5.24. The average molecular weight is 1170 g/mol. The lowest BCUT2D eigenvalue weighted by Crippen LogP contribution is -2.30. The van der Waals surface area contributed by atoms with E-state index < -0.39 is 97.5 Å². The van der Waals surface area contributed by atoms with Crippen LogP contribution in [0.4, 0.5) is 0 Å². The van der Waals surface area contributed by atoms with Gasteiger partial charge in [-0.05, 0) is 37.5 Å². The zero-order valence-corrected chi connectivity index (χ0v) is 52.4. The fourth-order valence-corrected chi connectivity index (χ4v) is 10.4. The van der Waals surface area contributed by atoms with E-state index in [-0.39, 0.29) is 25.7 Å². The van der Waals surface area contributed by atoms with Crippen LogP contribution in [0, 0.1) is 11.8 Å². The summed E-state index contributed by atoms with van der Waals surface area (Å²) in [4.78, 5) is 71.9. The highest BCUT2D eigenvalue weighted by atomic mass is 31.2. The molecule has 0 saturated carbocycles. The molecule has 0 aliphatic heterocycles. The molecular weight excluding hydrogens is 1050 g/mol.